The number of rotatable bonds is 5. The summed E-state index contributed by atoms with van der Waals surface area (Å²) in [6, 6.07) is 14.5. The Morgan fingerprint density at radius 2 is 1.95 bits per heavy atom. The van der Waals surface area contributed by atoms with Crippen LogP contribution in [0.2, 0.25) is 0 Å². The predicted molar refractivity (Wildman–Crippen MR) is 86.6 cm³/mol. The number of hydrogen-bond donors (Lipinski definition) is 1. The molecule has 0 fully saturated rings. The third-order valence-electron chi connectivity index (χ3n) is 3.28. The minimum absolute atomic E-state index is 0.00927. The molecule has 3 heteroatoms. The van der Waals surface area contributed by atoms with E-state index in [0.717, 1.165) is 17.1 Å². The lowest BCUT2D eigenvalue weighted by molar-refractivity contribution is 0.414. The second kappa shape index (κ2) is 6.82. The molecular weight excluding hydrogens is 266 g/mol. The van der Waals surface area contributed by atoms with E-state index in [1.165, 1.54) is 16.0 Å². The normalized spacial score (nSPS) is 12.2. The number of methoxy groups -OCH3 is 1. The Morgan fingerprint density at radius 1 is 1.15 bits per heavy atom. The lowest BCUT2D eigenvalue weighted by Gasteiger charge is -2.14. The highest BCUT2D eigenvalue weighted by Gasteiger charge is 2.09. The van der Waals surface area contributed by atoms with E-state index in [0.29, 0.717) is 0 Å². The van der Waals surface area contributed by atoms with Crippen LogP contribution in [0.1, 0.15) is 22.7 Å². The van der Waals surface area contributed by atoms with E-state index in [4.69, 9.17) is 10.5 Å². The molecule has 2 rings (SSSR count). The molecule has 2 N–H and O–H groups in total. The minimum Gasteiger partial charge on any atom is -0.497 e. The molecule has 0 aliphatic carbocycles. The monoisotopic (exact) mass is 287 g/mol. The van der Waals surface area contributed by atoms with Crippen molar-refractivity contribution in [1.82, 2.24) is 0 Å². The van der Waals surface area contributed by atoms with Gasteiger partial charge in [-0.05, 0) is 43.2 Å². The van der Waals surface area contributed by atoms with Gasteiger partial charge in [-0.3, -0.25) is 0 Å². The van der Waals surface area contributed by atoms with E-state index in [1.807, 2.05) is 30.0 Å². The summed E-state index contributed by atoms with van der Waals surface area (Å²) < 4.78 is 5.24. The summed E-state index contributed by atoms with van der Waals surface area (Å²) in [5, 5.41) is 0. The van der Waals surface area contributed by atoms with Crippen molar-refractivity contribution in [1.29, 1.82) is 0 Å². The Morgan fingerprint density at radius 3 is 2.70 bits per heavy atom. The predicted octanol–water partition coefficient (Wildman–Crippen LogP) is 4.10. The van der Waals surface area contributed by atoms with Crippen molar-refractivity contribution in [3.05, 3.63) is 59.2 Å². The van der Waals surface area contributed by atoms with Gasteiger partial charge in [0.15, 0.2) is 0 Å². The van der Waals surface area contributed by atoms with Gasteiger partial charge in [0.2, 0.25) is 0 Å². The van der Waals surface area contributed by atoms with E-state index in [2.05, 4.69) is 38.1 Å². The molecule has 0 saturated heterocycles. The van der Waals surface area contributed by atoms with E-state index in [1.54, 1.807) is 7.11 Å². The highest BCUT2D eigenvalue weighted by Crippen LogP contribution is 2.28. The van der Waals surface area contributed by atoms with Gasteiger partial charge >= 0.3 is 0 Å². The van der Waals surface area contributed by atoms with Crippen LogP contribution >= 0.6 is 11.8 Å². The van der Waals surface area contributed by atoms with Crippen molar-refractivity contribution >= 4 is 11.8 Å². The van der Waals surface area contributed by atoms with E-state index in [-0.39, 0.29) is 6.04 Å². The van der Waals surface area contributed by atoms with Gasteiger partial charge in [0.1, 0.15) is 5.75 Å². The van der Waals surface area contributed by atoms with Gasteiger partial charge in [0.05, 0.1) is 7.11 Å². The van der Waals surface area contributed by atoms with Crippen molar-refractivity contribution < 1.29 is 4.74 Å². The largest absolute Gasteiger partial charge is 0.497 e. The summed E-state index contributed by atoms with van der Waals surface area (Å²) in [7, 11) is 1.68. The first kappa shape index (κ1) is 14.9. The molecule has 2 nitrogen and oxygen atoms in total. The Kier molecular flexibility index (Phi) is 5.10. The summed E-state index contributed by atoms with van der Waals surface area (Å²) in [5.41, 5.74) is 9.98. The van der Waals surface area contributed by atoms with Gasteiger partial charge in [-0.2, -0.15) is 0 Å². The first-order valence-corrected chi connectivity index (χ1v) is 7.68. The molecule has 0 saturated carbocycles. The fourth-order valence-corrected chi connectivity index (χ4v) is 3.13. The van der Waals surface area contributed by atoms with Crippen molar-refractivity contribution in [3.63, 3.8) is 0 Å². The highest BCUT2D eigenvalue weighted by atomic mass is 32.2. The number of aryl methyl sites for hydroxylation is 2. The van der Waals surface area contributed by atoms with Crippen LogP contribution in [0.3, 0.4) is 0 Å². The summed E-state index contributed by atoms with van der Waals surface area (Å²) in [6.45, 7) is 4.25. The zero-order valence-corrected chi connectivity index (χ0v) is 13.0. The van der Waals surface area contributed by atoms with Crippen LogP contribution in [0, 0.1) is 13.8 Å². The van der Waals surface area contributed by atoms with Gasteiger partial charge in [-0.1, -0.05) is 29.8 Å². The molecule has 0 bridgehead atoms. The Hall–Kier alpha value is -1.45. The smallest absolute Gasteiger partial charge is 0.119 e. The molecule has 0 radical (unpaired) electrons. The maximum atomic E-state index is 6.28. The molecule has 20 heavy (non-hydrogen) atoms. The zero-order chi connectivity index (χ0) is 14.5. The van der Waals surface area contributed by atoms with Crippen molar-refractivity contribution in [3.8, 4) is 5.75 Å². The standard InChI is InChI=1S/C17H21NOS/c1-12-7-8-13(2)17(9-12)20-11-16(18)14-5-4-6-15(10-14)19-3/h4-10,16H,11,18H2,1-3H3. The molecule has 0 heterocycles. The highest BCUT2D eigenvalue weighted by molar-refractivity contribution is 7.99. The van der Waals surface area contributed by atoms with Crippen molar-refractivity contribution in [2.24, 2.45) is 5.73 Å². The first-order valence-electron chi connectivity index (χ1n) is 6.69. The fraction of sp³-hybridized carbons (Fsp3) is 0.294. The molecule has 0 aliphatic heterocycles. The third-order valence-corrected chi connectivity index (χ3v) is 4.56. The molecule has 106 valence electrons. The Bertz CT molecular complexity index is 583. The van der Waals surface area contributed by atoms with Gasteiger partial charge in [-0.25, -0.2) is 0 Å². The van der Waals surface area contributed by atoms with Crippen LogP contribution in [0.15, 0.2) is 47.4 Å². The molecule has 1 atom stereocenters. The molecule has 2 aromatic carbocycles. The second-order valence-corrected chi connectivity index (χ2v) is 6.02. The molecule has 0 amide bonds. The molecule has 0 aromatic heterocycles. The van der Waals surface area contributed by atoms with Crippen molar-refractivity contribution in [2.45, 2.75) is 24.8 Å². The van der Waals surface area contributed by atoms with Gasteiger partial charge in [0.25, 0.3) is 0 Å². The molecule has 0 spiro atoms. The average Bonchev–Trinajstić information content (AvgIpc) is 2.48. The molecule has 2 aromatic rings. The summed E-state index contributed by atoms with van der Waals surface area (Å²) in [6.07, 6.45) is 0. The topological polar surface area (TPSA) is 35.2 Å². The Labute approximate surface area is 125 Å². The summed E-state index contributed by atoms with van der Waals surface area (Å²) in [4.78, 5) is 1.31. The SMILES string of the molecule is COc1cccc(C(N)CSc2cc(C)ccc2C)c1. The van der Waals surface area contributed by atoms with Crippen molar-refractivity contribution in [2.75, 3.05) is 12.9 Å². The summed E-state index contributed by atoms with van der Waals surface area (Å²) >= 11 is 1.81. The van der Waals surface area contributed by atoms with Gasteiger partial charge in [0, 0.05) is 16.7 Å². The van der Waals surface area contributed by atoms with Gasteiger partial charge in [-0.15, -0.1) is 11.8 Å². The number of thioether (sulfide) groups is 1. The maximum Gasteiger partial charge on any atom is 0.119 e. The lowest BCUT2D eigenvalue weighted by atomic mass is 10.1. The molecular formula is C17H21NOS. The summed E-state index contributed by atoms with van der Waals surface area (Å²) in [5.74, 6) is 1.71. The van der Waals surface area contributed by atoms with E-state index in [9.17, 15) is 0 Å². The number of ether oxygens (including phenoxy) is 1. The number of nitrogens with two attached hydrogens (primary N) is 1. The van der Waals surface area contributed by atoms with E-state index < -0.39 is 0 Å². The van der Waals surface area contributed by atoms with Crippen LogP contribution < -0.4 is 10.5 Å². The van der Waals surface area contributed by atoms with Crippen LogP contribution in [0.25, 0.3) is 0 Å². The number of benzene rings is 2. The van der Waals surface area contributed by atoms with E-state index >= 15 is 0 Å². The average molecular weight is 287 g/mol. The zero-order valence-electron chi connectivity index (χ0n) is 12.2. The lowest BCUT2D eigenvalue weighted by Crippen LogP contribution is -2.13. The van der Waals surface area contributed by atoms with Crippen LogP contribution in [0.4, 0.5) is 0 Å². The Balaban J connectivity index is 2.04. The molecule has 0 aliphatic rings. The van der Waals surface area contributed by atoms with Crippen LogP contribution in [-0.2, 0) is 0 Å². The van der Waals surface area contributed by atoms with Crippen LogP contribution in [-0.4, -0.2) is 12.9 Å². The minimum atomic E-state index is 0.00927. The number of hydrogen-bond acceptors (Lipinski definition) is 3. The molecule has 1 unspecified atom stereocenters. The van der Waals surface area contributed by atoms with Gasteiger partial charge < -0.3 is 10.5 Å². The maximum absolute atomic E-state index is 6.28. The third kappa shape index (κ3) is 3.78. The fourth-order valence-electron chi connectivity index (χ4n) is 2.01. The first-order chi connectivity index (χ1) is 9.60. The second-order valence-electron chi connectivity index (χ2n) is 4.96. The quantitative estimate of drug-likeness (QED) is 0.841. The van der Waals surface area contributed by atoms with Crippen LogP contribution in [0.5, 0.6) is 5.75 Å².